The maximum absolute atomic E-state index is 11.0. The van der Waals surface area contributed by atoms with Gasteiger partial charge in [0, 0.05) is 5.02 Å². The van der Waals surface area contributed by atoms with Gasteiger partial charge in [0.05, 0.1) is 6.54 Å². The molecule has 2 aromatic rings. The Balaban J connectivity index is 2.11. The Morgan fingerprint density at radius 1 is 1.24 bits per heavy atom. The van der Waals surface area contributed by atoms with Gasteiger partial charge < -0.3 is 9.84 Å². The van der Waals surface area contributed by atoms with Crippen molar-refractivity contribution in [2.75, 3.05) is 6.61 Å². The zero-order valence-corrected chi connectivity index (χ0v) is 13.2. The smallest absolute Gasteiger partial charge is 0.137 e. The largest absolute Gasteiger partial charge is 0.490 e. The lowest BCUT2D eigenvalue weighted by atomic mass is 9.77. The lowest BCUT2D eigenvalue weighted by Crippen LogP contribution is -2.51. The van der Waals surface area contributed by atoms with Crippen LogP contribution < -0.4 is 4.74 Å². The highest BCUT2D eigenvalue weighted by Gasteiger charge is 2.41. The highest BCUT2D eigenvalue weighted by atomic mass is 35.5. The molecule has 0 radical (unpaired) electrons. The van der Waals surface area contributed by atoms with E-state index >= 15 is 0 Å². The minimum absolute atomic E-state index is 0.151. The summed E-state index contributed by atoms with van der Waals surface area (Å²) in [7, 11) is 0. The number of benzene rings is 1. The molecule has 0 saturated carbocycles. The summed E-state index contributed by atoms with van der Waals surface area (Å²) in [4.78, 5) is 3.90. The van der Waals surface area contributed by atoms with Gasteiger partial charge in [0.1, 0.15) is 30.6 Å². The SMILES string of the molecule is CC(C)(C)[C@](O)(COc1ccc(Cl)cc1)Cn1cncn1. The summed E-state index contributed by atoms with van der Waals surface area (Å²) >= 11 is 5.85. The molecule has 0 aliphatic carbocycles. The van der Waals surface area contributed by atoms with Gasteiger partial charge in [-0.05, 0) is 29.7 Å². The van der Waals surface area contributed by atoms with Crippen LogP contribution in [0.4, 0.5) is 0 Å². The minimum atomic E-state index is -1.08. The molecule has 1 heterocycles. The molecule has 0 fully saturated rings. The number of hydrogen-bond acceptors (Lipinski definition) is 4. The maximum atomic E-state index is 11.0. The maximum Gasteiger partial charge on any atom is 0.137 e. The summed E-state index contributed by atoms with van der Waals surface area (Å²) in [5, 5.41) is 15.7. The third kappa shape index (κ3) is 3.95. The van der Waals surface area contributed by atoms with E-state index in [-0.39, 0.29) is 12.0 Å². The van der Waals surface area contributed by atoms with Crippen LogP contribution in [0, 0.1) is 5.41 Å². The van der Waals surface area contributed by atoms with Crippen molar-refractivity contribution in [2.45, 2.75) is 32.9 Å². The second kappa shape index (κ2) is 6.03. The zero-order valence-electron chi connectivity index (χ0n) is 12.5. The third-order valence-corrected chi connectivity index (χ3v) is 3.83. The van der Waals surface area contributed by atoms with Gasteiger partial charge in [-0.2, -0.15) is 5.10 Å². The third-order valence-electron chi connectivity index (χ3n) is 3.58. The van der Waals surface area contributed by atoms with Crippen LogP contribution in [-0.4, -0.2) is 32.1 Å². The predicted molar refractivity (Wildman–Crippen MR) is 81.4 cm³/mol. The Hall–Kier alpha value is -1.59. The fraction of sp³-hybridized carbons (Fsp3) is 0.467. The molecule has 1 atom stereocenters. The molecule has 114 valence electrons. The fourth-order valence-electron chi connectivity index (χ4n) is 1.82. The van der Waals surface area contributed by atoms with Crippen molar-refractivity contribution >= 4 is 11.6 Å². The van der Waals surface area contributed by atoms with E-state index in [0.717, 1.165) is 0 Å². The summed E-state index contributed by atoms with van der Waals surface area (Å²) < 4.78 is 7.34. The molecule has 1 N–H and O–H groups in total. The Kier molecular flexibility index (Phi) is 4.54. The van der Waals surface area contributed by atoms with Gasteiger partial charge in [0.2, 0.25) is 0 Å². The number of halogens is 1. The van der Waals surface area contributed by atoms with Gasteiger partial charge in [0.25, 0.3) is 0 Å². The van der Waals surface area contributed by atoms with Crippen molar-refractivity contribution in [1.29, 1.82) is 0 Å². The Bertz CT molecular complexity index is 564. The molecule has 0 spiro atoms. The number of aromatic nitrogens is 3. The van der Waals surface area contributed by atoms with Crippen molar-refractivity contribution in [1.82, 2.24) is 14.8 Å². The van der Waals surface area contributed by atoms with Crippen LogP contribution in [0.15, 0.2) is 36.9 Å². The summed E-state index contributed by atoms with van der Waals surface area (Å²) in [6.45, 7) is 6.36. The fourth-order valence-corrected chi connectivity index (χ4v) is 1.94. The van der Waals surface area contributed by atoms with Crippen LogP contribution >= 0.6 is 11.6 Å². The topological polar surface area (TPSA) is 60.2 Å². The molecule has 0 saturated heterocycles. The number of rotatable bonds is 5. The molecule has 1 aromatic heterocycles. The molecule has 0 aliphatic rings. The summed E-state index contributed by atoms with van der Waals surface area (Å²) in [6, 6.07) is 7.07. The first kappa shape index (κ1) is 15.8. The Labute approximate surface area is 129 Å². The lowest BCUT2D eigenvalue weighted by Gasteiger charge is -2.39. The van der Waals surface area contributed by atoms with Crippen LogP contribution in [0.1, 0.15) is 20.8 Å². The van der Waals surface area contributed by atoms with Gasteiger partial charge in [-0.15, -0.1) is 0 Å². The first-order valence-electron chi connectivity index (χ1n) is 6.73. The first-order valence-corrected chi connectivity index (χ1v) is 7.11. The standard InChI is InChI=1S/C15H20ClN3O2/c1-14(2,3)15(20,8-19-11-17-10-18-19)9-21-13-6-4-12(16)5-7-13/h4-7,10-11,20H,8-9H2,1-3H3/t15-/m1/s1. The van der Waals surface area contributed by atoms with Gasteiger partial charge in [0.15, 0.2) is 0 Å². The summed E-state index contributed by atoms with van der Waals surface area (Å²) in [5.41, 5.74) is -1.47. The molecule has 0 bridgehead atoms. The van der Waals surface area contributed by atoms with E-state index in [4.69, 9.17) is 16.3 Å². The van der Waals surface area contributed by atoms with Gasteiger partial charge in [-0.3, -0.25) is 0 Å². The van der Waals surface area contributed by atoms with Crippen LogP contribution in [0.25, 0.3) is 0 Å². The molecule has 6 heteroatoms. The molecule has 0 amide bonds. The molecule has 5 nitrogen and oxygen atoms in total. The van der Waals surface area contributed by atoms with Crippen molar-refractivity contribution in [3.8, 4) is 5.75 Å². The molecule has 2 rings (SSSR count). The molecule has 21 heavy (non-hydrogen) atoms. The number of ether oxygens (including phenoxy) is 1. The Morgan fingerprint density at radius 2 is 1.90 bits per heavy atom. The minimum Gasteiger partial charge on any atom is -0.490 e. The Morgan fingerprint density at radius 3 is 2.43 bits per heavy atom. The zero-order chi connectivity index (χ0) is 15.5. The average Bonchev–Trinajstić information content (AvgIpc) is 2.89. The normalized spacial score (nSPS) is 14.7. The molecular weight excluding hydrogens is 290 g/mol. The van der Waals surface area contributed by atoms with Crippen LogP contribution in [-0.2, 0) is 6.54 Å². The van der Waals surface area contributed by atoms with E-state index in [9.17, 15) is 5.11 Å². The van der Waals surface area contributed by atoms with E-state index in [2.05, 4.69) is 10.1 Å². The quantitative estimate of drug-likeness (QED) is 0.922. The average molecular weight is 310 g/mol. The first-order chi connectivity index (χ1) is 9.80. The van der Waals surface area contributed by atoms with Gasteiger partial charge >= 0.3 is 0 Å². The van der Waals surface area contributed by atoms with Crippen molar-refractivity contribution in [3.05, 3.63) is 41.9 Å². The monoisotopic (exact) mass is 309 g/mol. The van der Waals surface area contributed by atoms with Crippen LogP contribution in [0.2, 0.25) is 5.02 Å². The van der Waals surface area contributed by atoms with Crippen molar-refractivity contribution in [3.63, 3.8) is 0 Å². The van der Waals surface area contributed by atoms with E-state index < -0.39 is 5.60 Å². The lowest BCUT2D eigenvalue weighted by molar-refractivity contribution is -0.101. The van der Waals surface area contributed by atoms with Crippen molar-refractivity contribution in [2.24, 2.45) is 5.41 Å². The highest BCUT2D eigenvalue weighted by molar-refractivity contribution is 6.30. The van der Waals surface area contributed by atoms with E-state index in [0.29, 0.717) is 17.3 Å². The van der Waals surface area contributed by atoms with E-state index in [1.54, 1.807) is 35.3 Å². The second-order valence-corrected chi connectivity index (χ2v) is 6.55. The number of aliphatic hydroxyl groups is 1. The predicted octanol–water partition coefficient (Wildman–Crippen LogP) is 2.79. The second-order valence-electron chi connectivity index (χ2n) is 6.12. The highest BCUT2D eigenvalue weighted by Crippen LogP contribution is 2.32. The molecular formula is C15H20ClN3O2. The van der Waals surface area contributed by atoms with Gasteiger partial charge in [-0.1, -0.05) is 32.4 Å². The van der Waals surface area contributed by atoms with E-state index in [1.165, 1.54) is 6.33 Å². The number of nitrogens with zero attached hydrogens (tertiary/aromatic N) is 3. The van der Waals surface area contributed by atoms with E-state index in [1.807, 2.05) is 20.8 Å². The number of hydrogen-bond donors (Lipinski definition) is 1. The van der Waals surface area contributed by atoms with Crippen LogP contribution in [0.5, 0.6) is 5.75 Å². The summed E-state index contributed by atoms with van der Waals surface area (Å²) in [5.74, 6) is 0.667. The molecule has 0 aliphatic heterocycles. The molecule has 1 aromatic carbocycles. The van der Waals surface area contributed by atoms with Gasteiger partial charge in [-0.25, -0.2) is 9.67 Å². The van der Waals surface area contributed by atoms with Crippen LogP contribution in [0.3, 0.4) is 0 Å². The van der Waals surface area contributed by atoms with Crippen molar-refractivity contribution < 1.29 is 9.84 Å². The summed E-state index contributed by atoms with van der Waals surface area (Å²) in [6.07, 6.45) is 3.03. The molecule has 0 unspecified atom stereocenters.